The molecule has 0 unspecified atom stereocenters. The Bertz CT molecular complexity index is 583. The molecule has 0 bridgehead atoms. The molecule has 1 aliphatic carbocycles. The van der Waals surface area contributed by atoms with E-state index in [4.69, 9.17) is 0 Å². The molecule has 0 amide bonds. The Morgan fingerprint density at radius 3 is 2.67 bits per heavy atom. The van der Waals surface area contributed by atoms with E-state index in [1.54, 1.807) is 0 Å². The summed E-state index contributed by atoms with van der Waals surface area (Å²) >= 11 is 0. The van der Waals surface area contributed by atoms with Gasteiger partial charge in [0.15, 0.2) is 0 Å². The Morgan fingerprint density at radius 2 is 2.05 bits per heavy atom. The maximum absolute atomic E-state index is 13.7. The first-order valence-corrected chi connectivity index (χ1v) is 8.92. The second kappa shape index (κ2) is 6.85. The highest BCUT2D eigenvalue weighted by Crippen LogP contribution is 2.28. The fourth-order valence-corrected chi connectivity index (χ4v) is 3.85. The molecule has 6 heteroatoms. The molecule has 4 nitrogen and oxygen atoms in total. The minimum Gasteiger partial charge on any atom is -0.313 e. The van der Waals surface area contributed by atoms with Gasteiger partial charge >= 0.3 is 0 Å². The first-order chi connectivity index (χ1) is 9.92. The minimum absolute atomic E-state index is 0.0109. The van der Waals surface area contributed by atoms with E-state index in [-0.39, 0.29) is 16.8 Å². The lowest BCUT2D eigenvalue weighted by Gasteiger charge is -2.32. The van der Waals surface area contributed by atoms with E-state index >= 15 is 0 Å². The summed E-state index contributed by atoms with van der Waals surface area (Å²) in [5.74, 6) is 0.189. The zero-order chi connectivity index (χ0) is 15.5. The van der Waals surface area contributed by atoms with Gasteiger partial charge in [-0.25, -0.2) is 17.5 Å². The number of rotatable bonds is 7. The van der Waals surface area contributed by atoms with Crippen molar-refractivity contribution in [3.63, 3.8) is 0 Å². The second-order valence-corrected chi connectivity index (χ2v) is 7.54. The summed E-state index contributed by atoms with van der Waals surface area (Å²) in [5, 5.41) is 3.08. The van der Waals surface area contributed by atoms with Gasteiger partial charge in [-0.2, -0.15) is 0 Å². The third kappa shape index (κ3) is 4.25. The Kier molecular flexibility index (Phi) is 5.35. The molecule has 2 rings (SSSR count). The molecule has 1 fully saturated rings. The van der Waals surface area contributed by atoms with E-state index < -0.39 is 10.0 Å². The molecule has 1 aromatic rings. The average molecular weight is 314 g/mol. The summed E-state index contributed by atoms with van der Waals surface area (Å²) in [6, 6.07) is 3.98. The van der Waals surface area contributed by atoms with E-state index in [1.807, 2.05) is 6.92 Å². The normalized spacial score (nSPS) is 22.0. The predicted molar refractivity (Wildman–Crippen MR) is 80.9 cm³/mol. The van der Waals surface area contributed by atoms with Crippen LogP contribution in [0.25, 0.3) is 0 Å². The standard InChI is InChI=1S/C15H23FN2O2S/c1-3-6-17-10-12-9-14(4-5-15(12)16)21(19,20)18-13-7-11(2)8-13/h4-5,9,11,13,17-18H,3,6-8,10H2,1-2H3. The average Bonchev–Trinajstić information content (AvgIpc) is 2.39. The largest absolute Gasteiger partial charge is 0.313 e. The van der Waals surface area contributed by atoms with Crippen LogP contribution in [0.5, 0.6) is 0 Å². The molecule has 1 saturated carbocycles. The number of sulfonamides is 1. The zero-order valence-electron chi connectivity index (χ0n) is 12.5. The molecule has 118 valence electrons. The van der Waals surface area contributed by atoms with Gasteiger partial charge in [0.25, 0.3) is 0 Å². The summed E-state index contributed by atoms with van der Waals surface area (Å²) in [4.78, 5) is 0.136. The van der Waals surface area contributed by atoms with Crippen LogP contribution in [0.1, 0.15) is 38.7 Å². The molecule has 21 heavy (non-hydrogen) atoms. The molecular weight excluding hydrogens is 291 g/mol. The Morgan fingerprint density at radius 1 is 1.33 bits per heavy atom. The van der Waals surface area contributed by atoms with Crippen molar-refractivity contribution in [2.75, 3.05) is 6.54 Å². The second-order valence-electron chi connectivity index (χ2n) is 5.82. The van der Waals surface area contributed by atoms with Crippen LogP contribution in [-0.4, -0.2) is 21.0 Å². The Balaban J connectivity index is 2.09. The molecule has 0 heterocycles. The molecule has 1 aliphatic rings. The van der Waals surface area contributed by atoms with Crippen LogP contribution in [0.2, 0.25) is 0 Å². The van der Waals surface area contributed by atoms with E-state index in [1.165, 1.54) is 18.2 Å². The number of halogens is 1. The fourth-order valence-electron chi connectivity index (χ4n) is 2.54. The van der Waals surface area contributed by atoms with Crippen LogP contribution in [0.15, 0.2) is 23.1 Å². The van der Waals surface area contributed by atoms with Crippen LogP contribution < -0.4 is 10.0 Å². The highest BCUT2D eigenvalue weighted by atomic mass is 32.2. The third-order valence-electron chi connectivity index (χ3n) is 3.77. The summed E-state index contributed by atoms with van der Waals surface area (Å²) in [6.45, 7) is 5.23. The first-order valence-electron chi connectivity index (χ1n) is 7.44. The van der Waals surface area contributed by atoms with Crippen LogP contribution in [0.3, 0.4) is 0 Å². The lowest BCUT2D eigenvalue weighted by molar-refractivity contribution is 0.270. The zero-order valence-corrected chi connectivity index (χ0v) is 13.3. The third-order valence-corrected chi connectivity index (χ3v) is 5.28. The van der Waals surface area contributed by atoms with E-state index in [0.29, 0.717) is 18.0 Å². The Hall–Kier alpha value is -0.980. The van der Waals surface area contributed by atoms with Crippen molar-refractivity contribution >= 4 is 10.0 Å². The molecule has 0 atom stereocenters. The van der Waals surface area contributed by atoms with Crippen molar-refractivity contribution in [1.82, 2.24) is 10.0 Å². The molecule has 1 aromatic carbocycles. The number of benzene rings is 1. The quantitative estimate of drug-likeness (QED) is 0.760. The van der Waals surface area contributed by atoms with Gasteiger partial charge in [0.05, 0.1) is 4.90 Å². The van der Waals surface area contributed by atoms with Crippen LogP contribution >= 0.6 is 0 Å². The summed E-state index contributed by atoms with van der Waals surface area (Å²) in [5.41, 5.74) is 0.383. The summed E-state index contributed by atoms with van der Waals surface area (Å²) < 4.78 is 41.0. The van der Waals surface area contributed by atoms with Crippen molar-refractivity contribution in [2.45, 2.75) is 50.6 Å². The van der Waals surface area contributed by atoms with E-state index in [0.717, 1.165) is 25.8 Å². The van der Waals surface area contributed by atoms with Crippen molar-refractivity contribution < 1.29 is 12.8 Å². The summed E-state index contributed by atoms with van der Waals surface area (Å²) in [7, 11) is -3.56. The SMILES string of the molecule is CCCNCc1cc(S(=O)(=O)NC2CC(C)C2)ccc1F. The molecule has 0 aliphatic heterocycles. The molecule has 0 saturated heterocycles. The lowest BCUT2D eigenvalue weighted by Crippen LogP contribution is -2.43. The van der Waals surface area contributed by atoms with Gasteiger partial charge in [-0.15, -0.1) is 0 Å². The topological polar surface area (TPSA) is 58.2 Å². The van der Waals surface area contributed by atoms with E-state index in [9.17, 15) is 12.8 Å². The van der Waals surface area contributed by atoms with Crippen molar-refractivity contribution in [3.05, 3.63) is 29.6 Å². The molecule has 0 spiro atoms. The van der Waals surface area contributed by atoms with Gasteiger partial charge in [0.1, 0.15) is 5.82 Å². The Labute approximate surface area is 126 Å². The lowest BCUT2D eigenvalue weighted by atomic mass is 9.83. The highest BCUT2D eigenvalue weighted by Gasteiger charge is 2.30. The molecular formula is C15H23FN2O2S. The van der Waals surface area contributed by atoms with Gasteiger partial charge in [0, 0.05) is 18.2 Å². The number of nitrogens with one attached hydrogen (secondary N) is 2. The van der Waals surface area contributed by atoms with Gasteiger partial charge in [-0.3, -0.25) is 0 Å². The first kappa shape index (κ1) is 16.4. The summed E-state index contributed by atoms with van der Waals surface area (Å²) in [6.07, 6.45) is 2.68. The minimum atomic E-state index is -3.56. The van der Waals surface area contributed by atoms with Crippen LogP contribution in [-0.2, 0) is 16.6 Å². The van der Waals surface area contributed by atoms with Crippen molar-refractivity contribution in [3.8, 4) is 0 Å². The molecule has 0 aromatic heterocycles. The molecule has 2 N–H and O–H groups in total. The fraction of sp³-hybridized carbons (Fsp3) is 0.600. The highest BCUT2D eigenvalue weighted by molar-refractivity contribution is 7.89. The smallest absolute Gasteiger partial charge is 0.240 e. The van der Waals surface area contributed by atoms with E-state index in [2.05, 4.69) is 17.0 Å². The predicted octanol–water partition coefficient (Wildman–Crippen LogP) is 2.40. The van der Waals surface area contributed by atoms with Gasteiger partial charge in [-0.1, -0.05) is 13.8 Å². The number of hydrogen-bond donors (Lipinski definition) is 2. The van der Waals surface area contributed by atoms with Crippen LogP contribution in [0, 0.1) is 11.7 Å². The maximum atomic E-state index is 13.7. The number of hydrogen-bond acceptors (Lipinski definition) is 3. The van der Waals surface area contributed by atoms with Crippen molar-refractivity contribution in [2.24, 2.45) is 5.92 Å². The van der Waals surface area contributed by atoms with Crippen molar-refractivity contribution in [1.29, 1.82) is 0 Å². The van der Waals surface area contributed by atoms with Gasteiger partial charge < -0.3 is 5.32 Å². The van der Waals surface area contributed by atoms with Crippen LogP contribution in [0.4, 0.5) is 4.39 Å². The monoisotopic (exact) mass is 314 g/mol. The molecule has 0 radical (unpaired) electrons. The maximum Gasteiger partial charge on any atom is 0.240 e. The van der Waals surface area contributed by atoms with Gasteiger partial charge in [-0.05, 0) is 49.9 Å². The van der Waals surface area contributed by atoms with Gasteiger partial charge in [0.2, 0.25) is 10.0 Å².